The van der Waals surface area contributed by atoms with E-state index in [9.17, 15) is 34.5 Å². The minimum Gasteiger partial charge on any atom is -0.481 e. The molecule has 1 aromatic heterocycles. The highest BCUT2D eigenvalue weighted by molar-refractivity contribution is 5.85. The van der Waals surface area contributed by atoms with Crippen LogP contribution < -0.4 is 5.32 Å². The lowest BCUT2D eigenvalue weighted by Crippen LogP contribution is -2.48. The van der Waals surface area contributed by atoms with Crippen LogP contribution in [-0.4, -0.2) is 55.6 Å². The number of carboxylic acids is 3. The molecule has 0 saturated carbocycles. The SMILES string of the molecule is CC(C(=O)O)C(C(=O)O)C(C)(C)CC(C(=O)O)C(C(=O)NCCc1c[nH]cn1)C(C)(C)C. The van der Waals surface area contributed by atoms with Gasteiger partial charge in [0.2, 0.25) is 5.91 Å². The predicted octanol–water partition coefficient (Wildman–Crippen LogP) is 2.27. The Morgan fingerprint density at radius 3 is 2.00 bits per heavy atom. The van der Waals surface area contributed by atoms with Crippen molar-refractivity contribution in [1.29, 1.82) is 0 Å². The number of aromatic nitrogens is 2. The van der Waals surface area contributed by atoms with Crippen LogP contribution in [0.15, 0.2) is 12.5 Å². The molecule has 32 heavy (non-hydrogen) atoms. The van der Waals surface area contributed by atoms with E-state index in [0.29, 0.717) is 6.42 Å². The summed E-state index contributed by atoms with van der Waals surface area (Å²) in [5.41, 5.74) is -1.20. The number of aliphatic carboxylic acids is 3. The van der Waals surface area contributed by atoms with Crippen molar-refractivity contribution in [2.24, 2.45) is 34.5 Å². The van der Waals surface area contributed by atoms with Crippen molar-refractivity contribution in [3.63, 3.8) is 0 Å². The van der Waals surface area contributed by atoms with Crippen LogP contribution in [-0.2, 0) is 25.6 Å². The number of rotatable bonds is 12. The van der Waals surface area contributed by atoms with Crippen LogP contribution in [0.4, 0.5) is 0 Å². The maximum atomic E-state index is 13.1. The molecule has 1 rings (SSSR count). The van der Waals surface area contributed by atoms with E-state index in [1.54, 1.807) is 27.0 Å². The summed E-state index contributed by atoms with van der Waals surface area (Å²) >= 11 is 0. The molecule has 4 atom stereocenters. The lowest BCUT2D eigenvalue weighted by molar-refractivity contribution is -0.161. The molecule has 1 amide bonds. The fraction of sp³-hybridized carbons (Fsp3) is 0.682. The number of imidazole rings is 1. The molecular weight excluding hydrogens is 418 g/mol. The Morgan fingerprint density at radius 1 is 1.00 bits per heavy atom. The summed E-state index contributed by atoms with van der Waals surface area (Å²) in [6, 6.07) is 0. The molecule has 1 heterocycles. The first-order valence-electron chi connectivity index (χ1n) is 10.5. The number of carbonyl (C=O) groups excluding carboxylic acids is 1. The third-order valence-corrected chi connectivity index (χ3v) is 5.91. The second kappa shape index (κ2) is 10.6. The number of amides is 1. The van der Waals surface area contributed by atoms with Gasteiger partial charge in [0.25, 0.3) is 0 Å². The molecule has 0 saturated heterocycles. The van der Waals surface area contributed by atoms with E-state index in [-0.39, 0.29) is 13.0 Å². The molecule has 0 radical (unpaired) electrons. The average Bonchev–Trinajstić information content (AvgIpc) is 3.12. The number of hydrogen-bond donors (Lipinski definition) is 5. The van der Waals surface area contributed by atoms with Gasteiger partial charge < -0.3 is 25.6 Å². The normalized spacial score (nSPS) is 15.9. The summed E-state index contributed by atoms with van der Waals surface area (Å²) in [5, 5.41) is 31.8. The zero-order valence-corrected chi connectivity index (χ0v) is 19.5. The molecule has 0 aliphatic rings. The van der Waals surface area contributed by atoms with Crippen LogP contribution in [0.25, 0.3) is 0 Å². The van der Waals surface area contributed by atoms with E-state index in [1.807, 2.05) is 0 Å². The number of carboxylic acid groups (broad SMARTS) is 3. The van der Waals surface area contributed by atoms with Crippen LogP contribution in [0, 0.1) is 34.5 Å². The van der Waals surface area contributed by atoms with Gasteiger partial charge in [-0.15, -0.1) is 0 Å². The number of carbonyl (C=O) groups is 4. The summed E-state index contributed by atoms with van der Waals surface area (Å²) in [4.78, 5) is 55.6. The number of nitrogens with one attached hydrogen (secondary N) is 2. The first-order valence-corrected chi connectivity index (χ1v) is 10.5. The highest BCUT2D eigenvalue weighted by Gasteiger charge is 2.49. The van der Waals surface area contributed by atoms with Crippen LogP contribution in [0.1, 0.15) is 53.7 Å². The molecule has 0 aliphatic heterocycles. The number of nitrogens with zero attached hydrogens (tertiary/aromatic N) is 1. The van der Waals surface area contributed by atoms with Crippen LogP contribution >= 0.6 is 0 Å². The first-order chi connectivity index (χ1) is 14.6. The van der Waals surface area contributed by atoms with Gasteiger partial charge in [0.1, 0.15) is 0 Å². The summed E-state index contributed by atoms with van der Waals surface area (Å²) in [6.45, 7) is 9.89. The monoisotopic (exact) mass is 453 g/mol. The molecule has 0 fully saturated rings. The Hall–Kier alpha value is -2.91. The molecule has 1 aromatic rings. The van der Waals surface area contributed by atoms with Gasteiger partial charge in [0.05, 0.1) is 35.7 Å². The smallest absolute Gasteiger partial charge is 0.307 e. The highest BCUT2D eigenvalue weighted by atomic mass is 16.4. The van der Waals surface area contributed by atoms with Gasteiger partial charge in [-0.25, -0.2) is 4.98 Å². The van der Waals surface area contributed by atoms with E-state index >= 15 is 0 Å². The van der Waals surface area contributed by atoms with Gasteiger partial charge >= 0.3 is 17.9 Å². The van der Waals surface area contributed by atoms with Crippen molar-refractivity contribution >= 4 is 23.8 Å². The van der Waals surface area contributed by atoms with Crippen molar-refractivity contribution in [2.75, 3.05) is 6.54 Å². The van der Waals surface area contributed by atoms with E-state index in [1.165, 1.54) is 27.1 Å². The average molecular weight is 454 g/mol. The zero-order chi connectivity index (χ0) is 24.9. The lowest BCUT2D eigenvalue weighted by Gasteiger charge is -2.40. The summed E-state index contributed by atoms with van der Waals surface area (Å²) in [6.07, 6.45) is 3.51. The largest absolute Gasteiger partial charge is 0.481 e. The molecule has 5 N–H and O–H groups in total. The third kappa shape index (κ3) is 7.06. The Morgan fingerprint density at radius 2 is 1.59 bits per heavy atom. The van der Waals surface area contributed by atoms with Gasteiger partial charge in [-0.3, -0.25) is 19.2 Å². The Bertz CT molecular complexity index is 812. The first kappa shape index (κ1) is 27.1. The maximum Gasteiger partial charge on any atom is 0.307 e. The molecule has 10 heteroatoms. The van der Waals surface area contributed by atoms with E-state index in [0.717, 1.165) is 5.69 Å². The molecule has 0 bridgehead atoms. The van der Waals surface area contributed by atoms with Crippen molar-refractivity contribution in [2.45, 2.75) is 54.4 Å². The van der Waals surface area contributed by atoms with Crippen LogP contribution in [0.5, 0.6) is 0 Å². The molecule has 4 unspecified atom stereocenters. The molecule has 0 aromatic carbocycles. The zero-order valence-electron chi connectivity index (χ0n) is 19.5. The van der Waals surface area contributed by atoms with Crippen molar-refractivity contribution < 1.29 is 34.5 Å². The van der Waals surface area contributed by atoms with E-state index in [2.05, 4.69) is 15.3 Å². The second-order valence-electron chi connectivity index (χ2n) is 10.0. The summed E-state index contributed by atoms with van der Waals surface area (Å²) < 4.78 is 0. The van der Waals surface area contributed by atoms with Crippen LogP contribution in [0.3, 0.4) is 0 Å². The fourth-order valence-corrected chi connectivity index (χ4v) is 4.44. The molecule has 0 aliphatic carbocycles. The Kier molecular flexibility index (Phi) is 8.99. The van der Waals surface area contributed by atoms with Crippen molar-refractivity contribution in [3.05, 3.63) is 18.2 Å². The fourth-order valence-electron chi connectivity index (χ4n) is 4.44. The van der Waals surface area contributed by atoms with Gasteiger partial charge in [0.15, 0.2) is 0 Å². The maximum absolute atomic E-state index is 13.1. The second-order valence-corrected chi connectivity index (χ2v) is 10.0. The Labute approximate surface area is 187 Å². The van der Waals surface area contributed by atoms with Crippen molar-refractivity contribution in [3.8, 4) is 0 Å². The van der Waals surface area contributed by atoms with Gasteiger partial charge in [-0.1, -0.05) is 41.5 Å². The lowest BCUT2D eigenvalue weighted by atomic mass is 9.62. The number of aromatic amines is 1. The summed E-state index contributed by atoms with van der Waals surface area (Å²) in [7, 11) is 0. The molecule has 180 valence electrons. The van der Waals surface area contributed by atoms with Crippen molar-refractivity contribution in [1.82, 2.24) is 15.3 Å². The Balaban J connectivity index is 3.17. The predicted molar refractivity (Wildman–Crippen MR) is 116 cm³/mol. The van der Waals surface area contributed by atoms with Gasteiger partial charge in [-0.05, 0) is 17.3 Å². The van der Waals surface area contributed by atoms with E-state index < -0.39 is 58.3 Å². The summed E-state index contributed by atoms with van der Waals surface area (Å²) in [5.74, 6) is -9.00. The number of H-pyrrole nitrogens is 1. The minimum absolute atomic E-state index is 0.175. The number of hydrogen-bond acceptors (Lipinski definition) is 5. The third-order valence-electron chi connectivity index (χ3n) is 5.91. The van der Waals surface area contributed by atoms with Gasteiger partial charge in [0, 0.05) is 19.2 Å². The van der Waals surface area contributed by atoms with Crippen LogP contribution in [0.2, 0.25) is 0 Å². The van der Waals surface area contributed by atoms with E-state index in [4.69, 9.17) is 0 Å². The molecule has 10 nitrogen and oxygen atoms in total. The van der Waals surface area contributed by atoms with Gasteiger partial charge in [-0.2, -0.15) is 0 Å². The topological polar surface area (TPSA) is 170 Å². The highest BCUT2D eigenvalue weighted by Crippen LogP contribution is 2.44. The molecular formula is C22H35N3O7. The minimum atomic E-state index is -1.33. The molecule has 0 spiro atoms. The quantitative estimate of drug-likeness (QED) is 0.321. The standard InChI is InChI=1S/C22H35N3O7/c1-12(18(27)28)15(20(31)32)22(5,6)9-14(19(29)30)16(21(2,3)4)17(26)24-8-7-13-10-23-11-25-13/h10-12,14-16H,7-9H2,1-6H3,(H,23,25)(H,24,26)(H,27,28)(H,29,30)(H,31,32).